The van der Waals surface area contributed by atoms with Crippen LogP contribution in [0.15, 0.2) is 10.6 Å². The van der Waals surface area contributed by atoms with Crippen LogP contribution in [-0.4, -0.2) is 30.9 Å². The minimum Gasteiger partial charge on any atom is -0.443 e. The van der Waals surface area contributed by atoms with Crippen LogP contribution in [0.1, 0.15) is 25.0 Å². The Kier molecular flexibility index (Phi) is 6.14. The molecule has 0 amide bonds. The van der Waals surface area contributed by atoms with Gasteiger partial charge >= 0.3 is 6.18 Å². The maximum absolute atomic E-state index is 11.8. The Bertz CT molecular complexity index is 339. The topological polar surface area (TPSA) is 47.3 Å². The van der Waals surface area contributed by atoms with Crippen molar-refractivity contribution in [1.29, 1.82) is 0 Å². The van der Waals surface area contributed by atoms with Gasteiger partial charge in [-0.15, -0.1) is 0 Å². The number of ether oxygens (including phenoxy) is 1. The van der Waals surface area contributed by atoms with Crippen LogP contribution in [0.5, 0.6) is 0 Å². The molecule has 0 aliphatic carbocycles. The first-order valence-electron chi connectivity index (χ1n) is 5.80. The summed E-state index contributed by atoms with van der Waals surface area (Å²) in [7, 11) is 0. The fourth-order valence-corrected chi connectivity index (χ4v) is 1.29. The van der Waals surface area contributed by atoms with E-state index in [0.717, 1.165) is 19.5 Å². The van der Waals surface area contributed by atoms with E-state index in [1.807, 2.05) is 0 Å². The summed E-state index contributed by atoms with van der Waals surface area (Å²) < 4.78 is 45.2. The molecule has 1 aromatic rings. The Morgan fingerprint density at radius 2 is 2.17 bits per heavy atom. The summed E-state index contributed by atoms with van der Waals surface area (Å²) in [5.74, 6) is 0.814. The van der Waals surface area contributed by atoms with Crippen LogP contribution in [0.3, 0.4) is 0 Å². The summed E-state index contributed by atoms with van der Waals surface area (Å²) in [6.45, 7) is 2.23. The Labute approximate surface area is 104 Å². The average Bonchev–Trinajstić information content (AvgIpc) is 2.71. The van der Waals surface area contributed by atoms with E-state index in [-0.39, 0.29) is 6.61 Å². The lowest BCUT2D eigenvalue weighted by atomic mass is 10.4. The Hall–Kier alpha value is -1.08. The second-order valence-electron chi connectivity index (χ2n) is 3.83. The highest BCUT2D eigenvalue weighted by Crippen LogP contribution is 2.15. The first-order valence-corrected chi connectivity index (χ1v) is 5.80. The van der Waals surface area contributed by atoms with Gasteiger partial charge < -0.3 is 14.5 Å². The average molecular weight is 266 g/mol. The molecule has 0 aliphatic heterocycles. The number of hydrogen-bond acceptors (Lipinski definition) is 4. The molecule has 0 fully saturated rings. The van der Waals surface area contributed by atoms with Crippen molar-refractivity contribution in [3.8, 4) is 0 Å². The van der Waals surface area contributed by atoms with Crippen LogP contribution in [-0.2, 0) is 17.8 Å². The summed E-state index contributed by atoms with van der Waals surface area (Å²) in [6, 6.07) is 0. The molecule has 1 rings (SSSR count). The van der Waals surface area contributed by atoms with Crippen LogP contribution in [0.2, 0.25) is 0 Å². The molecule has 104 valence electrons. The summed E-state index contributed by atoms with van der Waals surface area (Å²) in [6.07, 6.45) is -1.26. The van der Waals surface area contributed by atoms with Crippen molar-refractivity contribution in [1.82, 2.24) is 10.3 Å². The molecule has 7 heteroatoms. The van der Waals surface area contributed by atoms with Crippen molar-refractivity contribution in [3.63, 3.8) is 0 Å². The molecule has 0 saturated carbocycles. The van der Waals surface area contributed by atoms with E-state index in [4.69, 9.17) is 4.42 Å². The van der Waals surface area contributed by atoms with Crippen molar-refractivity contribution in [2.45, 2.75) is 32.5 Å². The van der Waals surface area contributed by atoms with Crippen molar-refractivity contribution in [2.75, 3.05) is 19.7 Å². The molecular formula is C11H17F3N2O2. The number of halogens is 3. The lowest BCUT2D eigenvalue weighted by Gasteiger charge is -2.05. The van der Waals surface area contributed by atoms with Gasteiger partial charge in [0.2, 0.25) is 0 Å². The van der Waals surface area contributed by atoms with E-state index in [2.05, 4.69) is 22.0 Å². The van der Waals surface area contributed by atoms with E-state index in [1.54, 1.807) is 0 Å². The predicted octanol–water partition coefficient (Wildman–Crippen LogP) is 2.30. The maximum atomic E-state index is 11.8. The monoisotopic (exact) mass is 266 g/mol. The molecule has 0 aliphatic rings. The molecule has 0 spiro atoms. The third-order valence-corrected chi connectivity index (χ3v) is 2.05. The number of oxazole rings is 1. The number of nitrogens with zero attached hydrogens (tertiary/aromatic N) is 1. The van der Waals surface area contributed by atoms with Gasteiger partial charge in [-0.3, -0.25) is 0 Å². The van der Waals surface area contributed by atoms with E-state index >= 15 is 0 Å². The van der Waals surface area contributed by atoms with Gasteiger partial charge in [0.15, 0.2) is 5.89 Å². The van der Waals surface area contributed by atoms with Crippen molar-refractivity contribution in [3.05, 3.63) is 17.8 Å². The minimum atomic E-state index is -4.31. The third-order valence-electron chi connectivity index (χ3n) is 2.05. The standard InChI is InChI=1S/C11H17F3N2O2/c1-2-4-15-5-3-10-16-6-9(18-10)7-17-8-11(12,13)14/h6,15H,2-5,7-8H2,1H3. The second kappa shape index (κ2) is 7.38. The quantitative estimate of drug-likeness (QED) is 0.733. The normalized spacial score (nSPS) is 12.0. The van der Waals surface area contributed by atoms with Gasteiger partial charge in [0.25, 0.3) is 0 Å². The van der Waals surface area contributed by atoms with Gasteiger partial charge in [0.1, 0.15) is 19.0 Å². The highest BCUT2D eigenvalue weighted by atomic mass is 19.4. The lowest BCUT2D eigenvalue weighted by Crippen LogP contribution is -2.17. The Morgan fingerprint density at radius 3 is 2.83 bits per heavy atom. The summed E-state index contributed by atoms with van der Waals surface area (Å²) in [4.78, 5) is 3.96. The molecule has 0 unspecified atom stereocenters. The molecule has 0 atom stereocenters. The van der Waals surface area contributed by atoms with Gasteiger partial charge in [-0.1, -0.05) is 6.92 Å². The third kappa shape index (κ3) is 6.61. The first kappa shape index (κ1) is 15.0. The maximum Gasteiger partial charge on any atom is 0.411 e. The molecule has 1 N–H and O–H groups in total. The molecule has 1 aromatic heterocycles. The largest absolute Gasteiger partial charge is 0.443 e. The van der Waals surface area contributed by atoms with Crippen LogP contribution < -0.4 is 5.32 Å². The number of hydrogen-bond donors (Lipinski definition) is 1. The van der Waals surface area contributed by atoms with Crippen LogP contribution in [0.25, 0.3) is 0 Å². The highest BCUT2D eigenvalue weighted by Gasteiger charge is 2.27. The van der Waals surface area contributed by atoms with E-state index in [0.29, 0.717) is 18.1 Å². The second-order valence-corrected chi connectivity index (χ2v) is 3.83. The number of alkyl halides is 3. The molecule has 0 saturated heterocycles. The first-order chi connectivity index (χ1) is 8.51. The summed E-state index contributed by atoms with van der Waals surface area (Å²) in [5, 5.41) is 3.18. The summed E-state index contributed by atoms with van der Waals surface area (Å²) >= 11 is 0. The van der Waals surface area contributed by atoms with Gasteiger partial charge in [0.05, 0.1) is 6.20 Å². The van der Waals surface area contributed by atoms with Gasteiger partial charge in [-0.2, -0.15) is 13.2 Å². The van der Waals surface area contributed by atoms with Crippen molar-refractivity contribution in [2.24, 2.45) is 0 Å². The van der Waals surface area contributed by atoms with Gasteiger partial charge in [0, 0.05) is 13.0 Å². The zero-order chi connectivity index (χ0) is 13.4. The Morgan fingerprint density at radius 1 is 1.39 bits per heavy atom. The van der Waals surface area contributed by atoms with E-state index < -0.39 is 12.8 Å². The SMILES string of the molecule is CCCNCCc1ncc(COCC(F)(F)F)o1. The number of nitrogens with one attached hydrogen (secondary N) is 1. The zero-order valence-corrected chi connectivity index (χ0v) is 10.2. The molecule has 18 heavy (non-hydrogen) atoms. The van der Waals surface area contributed by atoms with Crippen LogP contribution in [0.4, 0.5) is 13.2 Å². The number of aromatic nitrogens is 1. The van der Waals surface area contributed by atoms with Crippen LogP contribution >= 0.6 is 0 Å². The van der Waals surface area contributed by atoms with Gasteiger partial charge in [-0.05, 0) is 13.0 Å². The zero-order valence-electron chi connectivity index (χ0n) is 10.2. The fourth-order valence-electron chi connectivity index (χ4n) is 1.29. The molecule has 0 radical (unpaired) electrons. The smallest absolute Gasteiger partial charge is 0.411 e. The van der Waals surface area contributed by atoms with Crippen LogP contribution in [0, 0.1) is 0 Å². The number of rotatable bonds is 8. The van der Waals surface area contributed by atoms with Crippen molar-refractivity contribution >= 4 is 0 Å². The Balaban J connectivity index is 2.21. The van der Waals surface area contributed by atoms with E-state index in [1.165, 1.54) is 6.20 Å². The molecule has 4 nitrogen and oxygen atoms in total. The predicted molar refractivity (Wildman–Crippen MR) is 59.1 cm³/mol. The minimum absolute atomic E-state index is 0.213. The lowest BCUT2D eigenvalue weighted by molar-refractivity contribution is -0.177. The summed E-state index contributed by atoms with van der Waals surface area (Å²) in [5.41, 5.74) is 0. The van der Waals surface area contributed by atoms with E-state index in [9.17, 15) is 13.2 Å². The highest BCUT2D eigenvalue weighted by molar-refractivity contribution is 4.93. The molecule has 1 heterocycles. The molecule has 0 aromatic carbocycles. The molecular weight excluding hydrogens is 249 g/mol. The van der Waals surface area contributed by atoms with Crippen molar-refractivity contribution < 1.29 is 22.3 Å². The van der Waals surface area contributed by atoms with Gasteiger partial charge in [-0.25, -0.2) is 4.98 Å². The molecule has 0 bridgehead atoms. The fraction of sp³-hybridized carbons (Fsp3) is 0.727.